The molecule has 0 saturated heterocycles. The molecule has 2 rings (SSSR count). The summed E-state index contributed by atoms with van der Waals surface area (Å²) in [4.78, 5) is 9.50. The first-order chi connectivity index (χ1) is 11.6. The van der Waals surface area contributed by atoms with Gasteiger partial charge in [0, 0.05) is 18.3 Å². The van der Waals surface area contributed by atoms with Crippen molar-refractivity contribution in [2.45, 2.75) is 12.3 Å². The van der Waals surface area contributed by atoms with Gasteiger partial charge < -0.3 is 10.4 Å². The molecule has 5 nitrogen and oxygen atoms in total. The Balaban J connectivity index is 2.22. The zero-order chi connectivity index (χ0) is 18.8. The van der Waals surface area contributed by atoms with Crippen LogP contribution in [0.3, 0.4) is 0 Å². The van der Waals surface area contributed by atoms with Crippen LogP contribution in [0, 0.1) is 21.7 Å². The molecule has 0 heterocycles. The zero-order valence-electron chi connectivity index (χ0n) is 12.3. The number of benzene rings is 2. The molecule has 0 saturated carbocycles. The summed E-state index contributed by atoms with van der Waals surface area (Å²) in [6.07, 6.45) is -6.64. The van der Waals surface area contributed by atoms with Crippen LogP contribution in [0.4, 0.5) is 33.3 Å². The van der Waals surface area contributed by atoms with Crippen molar-refractivity contribution in [3.05, 3.63) is 69.3 Å². The molecule has 0 amide bonds. The number of hydrogen-bond donors (Lipinski definition) is 2. The van der Waals surface area contributed by atoms with Crippen molar-refractivity contribution in [3.63, 3.8) is 0 Å². The molecule has 2 N–H and O–H groups in total. The molecule has 0 bridgehead atoms. The van der Waals surface area contributed by atoms with Crippen molar-refractivity contribution in [2.75, 3.05) is 11.9 Å². The smallest absolute Gasteiger partial charge is 0.386 e. The lowest BCUT2D eigenvalue weighted by molar-refractivity contribution is -0.388. The molecule has 0 aliphatic carbocycles. The second-order valence-corrected chi connectivity index (χ2v) is 5.02. The summed E-state index contributed by atoms with van der Waals surface area (Å²) in [5.41, 5.74) is -3.44. The molecule has 0 aliphatic heterocycles. The Bertz CT molecular complexity index is 775. The summed E-state index contributed by atoms with van der Waals surface area (Å²) >= 11 is 0. The number of nitro groups is 1. The minimum atomic E-state index is -4.96. The van der Waals surface area contributed by atoms with Gasteiger partial charge in [0.15, 0.2) is 0 Å². The third-order valence-electron chi connectivity index (χ3n) is 3.33. The van der Waals surface area contributed by atoms with Crippen molar-refractivity contribution < 1.29 is 32.0 Å². The average Bonchev–Trinajstić information content (AvgIpc) is 2.51. The minimum Gasteiger partial charge on any atom is -0.386 e. The molecule has 25 heavy (non-hydrogen) atoms. The van der Waals surface area contributed by atoms with E-state index in [2.05, 4.69) is 5.32 Å². The molecule has 0 fully saturated rings. The predicted octanol–water partition coefficient (Wildman–Crippen LogP) is 4.04. The summed E-state index contributed by atoms with van der Waals surface area (Å²) < 4.78 is 65.7. The largest absolute Gasteiger partial charge is 0.423 e. The summed E-state index contributed by atoms with van der Waals surface area (Å²) in [5, 5.41) is 22.9. The van der Waals surface area contributed by atoms with Gasteiger partial charge in [0.05, 0.1) is 10.5 Å². The molecule has 0 aliphatic rings. The molecule has 0 radical (unpaired) electrons. The quantitative estimate of drug-likeness (QED) is 0.478. The monoisotopic (exact) mass is 362 g/mol. The van der Waals surface area contributed by atoms with E-state index in [9.17, 15) is 37.2 Å². The number of anilines is 1. The number of rotatable bonds is 5. The first-order valence-corrected chi connectivity index (χ1v) is 6.82. The van der Waals surface area contributed by atoms with Crippen molar-refractivity contribution in [3.8, 4) is 0 Å². The molecule has 1 unspecified atom stereocenters. The van der Waals surface area contributed by atoms with Gasteiger partial charge in [-0.05, 0) is 24.3 Å². The Morgan fingerprint density at radius 1 is 1.16 bits per heavy atom. The molecule has 10 heteroatoms. The first kappa shape index (κ1) is 18.6. The highest BCUT2D eigenvalue weighted by atomic mass is 19.4. The predicted molar refractivity (Wildman–Crippen MR) is 77.9 cm³/mol. The van der Waals surface area contributed by atoms with Crippen LogP contribution in [0.2, 0.25) is 0 Å². The maximum absolute atomic E-state index is 13.5. The van der Waals surface area contributed by atoms with Crippen LogP contribution in [-0.2, 0) is 6.18 Å². The van der Waals surface area contributed by atoms with Gasteiger partial charge in [0.25, 0.3) is 5.69 Å². The van der Waals surface area contributed by atoms with Crippen molar-refractivity contribution in [1.29, 1.82) is 0 Å². The summed E-state index contributed by atoms with van der Waals surface area (Å²) in [5.74, 6) is -2.01. The topological polar surface area (TPSA) is 75.4 Å². The van der Waals surface area contributed by atoms with E-state index < -0.39 is 52.2 Å². The van der Waals surface area contributed by atoms with E-state index in [0.29, 0.717) is 12.1 Å². The van der Waals surface area contributed by atoms with E-state index in [4.69, 9.17) is 0 Å². The second-order valence-electron chi connectivity index (χ2n) is 5.02. The number of hydrogen-bond acceptors (Lipinski definition) is 4. The third kappa shape index (κ3) is 4.21. The van der Waals surface area contributed by atoms with Gasteiger partial charge in [-0.3, -0.25) is 10.1 Å². The molecule has 2 aromatic carbocycles. The highest BCUT2D eigenvalue weighted by Crippen LogP contribution is 2.37. The van der Waals surface area contributed by atoms with Crippen LogP contribution < -0.4 is 5.32 Å². The van der Waals surface area contributed by atoms with Crippen molar-refractivity contribution in [2.24, 2.45) is 0 Å². The van der Waals surface area contributed by atoms with E-state index >= 15 is 0 Å². The van der Waals surface area contributed by atoms with E-state index in [1.165, 1.54) is 0 Å². The Labute approximate surface area is 137 Å². The summed E-state index contributed by atoms with van der Waals surface area (Å²) in [7, 11) is 0. The average molecular weight is 362 g/mol. The van der Waals surface area contributed by atoms with Crippen LogP contribution in [-0.4, -0.2) is 16.6 Å². The number of nitro benzene ring substituents is 1. The maximum Gasteiger partial charge on any atom is 0.423 e. The van der Waals surface area contributed by atoms with E-state index in [1.807, 2.05) is 0 Å². The number of halogens is 5. The second kappa shape index (κ2) is 7.01. The number of aliphatic hydroxyl groups excluding tert-OH is 1. The van der Waals surface area contributed by atoms with Gasteiger partial charge in [-0.15, -0.1) is 0 Å². The van der Waals surface area contributed by atoms with Gasteiger partial charge in [0.1, 0.15) is 23.3 Å². The summed E-state index contributed by atoms with van der Waals surface area (Å²) in [6, 6.07) is 5.09. The highest BCUT2D eigenvalue weighted by Gasteiger charge is 2.38. The summed E-state index contributed by atoms with van der Waals surface area (Å²) in [6.45, 7) is -0.507. The zero-order valence-corrected chi connectivity index (χ0v) is 12.3. The number of aliphatic hydroxyl groups is 1. The standard InChI is InChI=1S/C15H11F5N2O3/c16-10-2-1-3-11(17)14(10)13(23)7-21-8-4-5-12(22(24)25)9(6-8)15(18,19)20/h1-6,13,21,23H,7H2. The van der Waals surface area contributed by atoms with Crippen molar-refractivity contribution >= 4 is 11.4 Å². The molecule has 0 aromatic heterocycles. The fraction of sp³-hybridized carbons (Fsp3) is 0.200. The Hall–Kier alpha value is -2.75. The number of alkyl halides is 3. The number of nitrogens with one attached hydrogen (secondary N) is 1. The normalized spacial score (nSPS) is 12.7. The Kier molecular flexibility index (Phi) is 5.21. The number of nitrogens with zero attached hydrogens (tertiary/aromatic N) is 1. The van der Waals surface area contributed by atoms with Crippen LogP contribution in [0.1, 0.15) is 17.2 Å². The highest BCUT2D eigenvalue weighted by molar-refractivity contribution is 5.55. The first-order valence-electron chi connectivity index (χ1n) is 6.82. The maximum atomic E-state index is 13.5. The lowest BCUT2D eigenvalue weighted by Gasteiger charge is -2.15. The lowest BCUT2D eigenvalue weighted by atomic mass is 10.1. The lowest BCUT2D eigenvalue weighted by Crippen LogP contribution is -2.16. The van der Waals surface area contributed by atoms with E-state index in [0.717, 1.165) is 24.3 Å². The fourth-order valence-corrected chi connectivity index (χ4v) is 2.18. The molecule has 2 aromatic rings. The fourth-order valence-electron chi connectivity index (χ4n) is 2.18. The van der Waals surface area contributed by atoms with Crippen LogP contribution in [0.25, 0.3) is 0 Å². The van der Waals surface area contributed by atoms with Gasteiger partial charge in [0.2, 0.25) is 0 Å². The van der Waals surface area contributed by atoms with Crippen LogP contribution in [0.15, 0.2) is 36.4 Å². The van der Waals surface area contributed by atoms with Gasteiger partial charge in [-0.1, -0.05) is 6.07 Å². The molecule has 134 valence electrons. The Morgan fingerprint density at radius 2 is 1.76 bits per heavy atom. The molecular weight excluding hydrogens is 351 g/mol. The SMILES string of the molecule is O=[N+]([O-])c1ccc(NCC(O)c2c(F)cccc2F)cc1C(F)(F)F. The third-order valence-corrected chi connectivity index (χ3v) is 3.33. The van der Waals surface area contributed by atoms with Crippen molar-refractivity contribution in [1.82, 2.24) is 0 Å². The van der Waals surface area contributed by atoms with E-state index in [-0.39, 0.29) is 5.69 Å². The van der Waals surface area contributed by atoms with E-state index in [1.54, 1.807) is 0 Å². The van der Waals surface area contributed by atoms with Gasteiger partial charge in [-0.25, -0.2) is 8.78 Å². The van der Waals surface area contributed by atoms with Gasteiger partial charge in [-0.2, -0.15) is 13.2 Å². The molecule has 1 atom stereocenters. The molecule has 0 spiro atoms. The van der Waals surface area contributed by atoms with Crippen LogP contribution in [0.5, 0.6) is 0 Å². The van der Waals surface area contributed by atoms with Crippen LogP contribution >= 0.6 is 0 Å². The minimum absolute atomic E-state index is 0.200. The Morgan fingerprint density at radius 3 is 2.28 bits per heavy atom. The van der Waals surface area contributed by atoms with Gasteiger partial charge >= 0.3 is 6.18 Å². The molecular formula is C15H11F5N2O3.